The molecule has 6 aromatic rings. The van der Waals surface area contributed by atoms with Gasteiger partial charge in [0.25, 0.3) is 54.0 Å². The third-order valence-electron chi connectivity index (χ3n) is 10.5. The van der Waals surface area contributed by atoms with E-state index in [1.807, 2.05) is 26.6 Å². The molecule has 0 saturated carbocycles. The molecule has 0 fully saturated rings. The Balaban J connectivity index is 0.00000792. The molecule has 6 rings (SSSR count). The predicted octanol–water partition coefficient (Wildman–Crippen LogP) is -14.4. The minimum atomic E-state index is -5.77. The Hall–Kier alpha value is -3.25. The van der Waals surface area contributed by atoms with Gasteiger partial charge < -0.3 is 54.7 Å². The fourth-order valence-electron chi connectivity index (χ4n) is 6.89. The van der Waals surface area contributed by atoms with Gasteiger partial charge in [0, 0.05) is 33.6 Å². The molecule has 6 amide bonds. The van der Waals surface area contributed by atoms with E-state index in [9.17, 15) is 128 Å². The van der Waals surface area contributed by atoms with E-state index in [0.717, 1.165) is 0 Å². The third kappa shape index (κ3) is 22.5. The second-order valence-electron chi connectivity index (χ2n) is 16.3. The van der Waals surface area contributed by atoms with Crippen molar-refractivity contribution in [2.24, 2.45) is 0 Å². The molecular weight excluding hydrogens is 1410 g/mol. The molecule has 448 valence electrons. The second kappa shape index (κ2) is 31.3. The van der Waals surface area contributed by atoms with Gasteiger partial charge in [0.15, 0.2) is 0 Å². The molecule has 0 saturated heterocycles. The van der Waals surface area contributed by atoms with E-state index < -0.39 is 206 Å². The van der Waals surface area contributed by atoms with Gasteiger partial charge in [-0.15, -0.1) is 0 Å². The molecule has 0 radical (unpaired) electrons. The fraction of sp³-hybridized carbons (Fsp3) is 0. The molecule has 89 heavy (non-hydrogen) atoms. The third-order valence-corrected chi connectivity index (χ3v) is 17.4. The first-order valence-electron chi connectivity index (χ1n) is 21.1. The van der Waals surface area contributed by atoms with E-state index in [1.165, 1.54) is 0 Å². The summed E-state index contributed by atoms with van der Waals surface area (Å²) in [7, 11) is -44.1. The first kappa shape index (κ1) is 83.8. The molecule has 35 nitrogen and oxygen atoms in total. The maximum Gasteiger partial charge on any atom is 1.00 e. The quantitative estimate of drug-likeness (QED) is 0.0285. The summed E-state index contributed by atoms with van der Waals surface area (Å²) in [5.41, 5.74) is -8.86. The molecule has 0 unspecified atom stereocenters. The van der Waals surface area contributed by atoms with Crippen molar-refractivity contribution >= 4 is 145 Å². The fourth-order valence-corrected chi connectivity index (χ4v) is 11.8. The molecule has 0 aliphatic heterocycles. The van der Waals surface area contributed by atoms with Gasteiger partial charge in [-0.05, 0) is 109 Å². The first-order chi connectivity index (χ1) is 38.2. The Bertz CT molecular complexity index is 4260. The summed E-state index contributed by atoms with van der Waals surface area (Å²) in [5.74, 6) is -6.19. The number of anilines is 6. The Morgan fingerprint density at radius 2 is 0.506 bits per heavy atom. The van der Waals surface area contributed by atoms with Crippen LogP contribution in [0.2, 0.25) is 0 Å². The number of nitrogens with one attached hydrogen (secondary N) is 6. The summed E-state index contributed by atoms with van der Waals surface area (Å²) in [6, 6.07) is 6.61. The Morgan fingerprint density at radius 1 is 0.281 bits per heavy atom. The standard InChI is InChI=1S/C41H32N6O29S8.5Na/c48-37(44-29-5-1-25(77(53,54)55)15-33(29)81(65,66)67)19-9-20(38(49)45-30-6-2-26(78(56,57)58)16-34(30)82(68,69)70)12-23(11-19)42-41(52)43-24-13-21(39(50)46-31-7-3-27(79(59,60)61)17-35(31)83(71,72)73)10-22(14-24)40(51)47-32-8-4-28(80(62,63)64)18-36(32)84(74,75)76;;;;;/h1-18H,(H,44,48)(H,45,49)(H,46,50)(H,47,51)(H2,42,43,52)(H,53,54,55)(H,56,57,58)(H,59,60,61)(H,62,63,64)(H,65,66,67)(H,68,69,70)(H,71,72,73)(H,74,75,76);;;;;/q;5*+1/p-5. The smallest absolute Gasteiger partial charge is 0.744 e. The second-order valence-corrected chi connectivity index (χ2v) is 27.4. The maximum atomic E-state index is 13.8. The normalized spacial score (nSPS) is 11.9. The summed E-state index contributed by atoms with van der Waals surface area (Å²) in [6.07, 6.45) is 0. The zero-order valence-corrected chi connectivity index (χ0v) is 61.6. The topological polar surface area (TPSA) is 607 Å². The van der Waals surface area contributed by atoms with Crippen molar-refractivity contribution in [1.29, 1.82) is 0 Å². The molecule has 0 aromatic heterocycles. The van der Waals surface area contributed by atoms with E-state index in [4.69, 9.17) is 0 Å². The number of rotatable bonds is 18. The molecule has 48 heteroatoms. The van der Waals surface area contributed by atoms with Crippen LogP contribution in [0.1, 0.15) is 41.4 Å². The van der Waals surface area contributed by atoms with E-state index >= 15 is 0 Å². The number of carbonyl (C=O) groups excluding carboxylic acids is 5. The zero-order valence-electron chi connectivity index (χ0n) is 45.1. The first-order valence-corrected chi connectivity index (χ1v) is 32.5. The van der Waals surface area contributed by atoms with Crippen molar-refractivity contribution in [2.45, 2.75) is 39.2 Å². The van der Waals surface area contributed by atoms with Crippen LogP contribution in [0.4, 0.5) is 38.9 Å². The average molecular weight is 1440 g/mol. The Labute approximate surface area is 614 Å². The van der Waals surface area contributed by atoms with Gasteiger partial charge in [-0.3, -0.25) is 32.8 Å². The molecule has 0 bridgehead atoms. The van der Waals surface area contributed by atoms with Gasteiger partial charge in [-0.25, -0.2) is 46.9 Å². The van der Waals surface area contributed by atoms with Gasteiger partial charge in [-0.1, -0.05) is 0 Å². The van der Waals surface area contributed by atoms with Crippen LogP contribution in [0.25, 0.3) is 0 Å². The van der Waals surface area contributed by atoms with Crippen LogP contribution in [0.15, 0.2) is 148 Å². The van der Waals surface area contributed by atoms with Crippen LogP contribution >= 0.6 is 0 Å². The van der Waals surface area contributed by atoms with Crippen molar-refractivity contribution < 1.29 is 276 Å². The van der Waals surface area contributed by atoms with Crippen molar-refractivity contribution in [3.05, 3.63) is 131 Å². The maximum absolute atomic E-state index is 13.8. The number of benzene rings is 6. The molecular formula is C41H27N6Na5O29S8. The zero-order chi connectivity index (χ0) is 63.2. The van der Waals surface area contributed by atoms with Gasteiger partial charge in [0.1, 0.15) is 60.4 Å². The van der Waals surface area contributed by atoms with Crippen molar-refractivity contribution in [2.75, 3.05) is 31.9 Å². The summed E-state index contributed by atoms with van der Waals surface area (Å²) in [4.78, 5) is 58.3. The molecule has 0 atom stereocenters. The molecule has 0 aliphatic carbocycles. The van der Waals surface area contributed by atoms with Crippen LogP contribution in [0.3, 0.4) is 0 Å². The van der Waals surface area contributed by atoms with Crippen LogP contribution in [0, 0.1) is 0 Å². The van der Waals surface area contributed by atoms with Crippen molar-refractivity contribution in [1.82, 2.24) is 0 Å². The number of hydrogen-bond donors (Lipinski definition) is 9. The van der Waals surface area contributed by atoms with E-state index in [1.54, 1.807) is 0 Å². The van der Waals surface area contributed by atoms with E-state index in [-0.39, 0.29) is 172 Å². The number of amides is 6. The van der Waals surface area contributed by atoms with E-state index in [0.29, 0.717) is 84.9 Å². The average Bonchev–Trinajstić information content (AvgIpc) is 3.33. The van der Waals surface area contributed by atoms with Crippen LogP contribution in [-0.2, 0) is 80.9 Å². The van der Waals surface area contributed by atoms with E-state index in [2.05, 4.69) is 5.32 Å². The number of carbonyl (C=O) groups is 5. The molecule has 0 spiro atoms. The summed E-state index contributed by atoms with van der Waals surface area (Å²) in [6.45, 7) is 0. The van der Waals surface area contributed by atoms with Crippen LogP contribution in [-0.4, -0.2) is 133 Å². The summed E-state index contributed by atoms with van der Waals surface area (Å²) in [5, 5.41) is 11.7. The largest absolute Gasteiger partial charge is 1.00 e. The molecule has 0 heterocycles. The minimum Gasteiger partial charge on any atom is -0.744 e. The van der Waals surface area contributed by atoms with Gasteiger partial charge in [0.2, 0.25) is 0 Å². The summed E-state index contributed by atoms with van der Waals surface area (Å²) >= 11 is 0. The van der Waals surface area contributed by atoms with Gasteiger partial charge >= 0.3 is 154 Å². The van der Waals surface area contributed by atoms with Crippen LogP contribution in [0.5, 0.6) is 0 Å². The molecule has 0 aliphatic rings. The van der Waals surface area contributed by atoms with Crippen molar-refractivity contribution in [3.63, 3.8) is 0 Å². The monoisotopic (exact) mass is 1440 g/mol. The number of hydrogen-bond acceptors (Lipinski definition) is 26. The Morgan fingerprint density at radius 3 is 0.730 bits per heavy atom. The molecule has 6 aromatic carbocycles. The van der Waals surface area contributed by atoms with Gasteiger partial charge in [0.05, 0.1) is 52.1 Å². The Kier molecular flexibility index (Phi) is 29.5. The summed E-state index contributed by atoms with van der Waals surface area (Å²) < 4.78 is 279. The van der Waals surface area contributed by atoms with Crippen molar-refractivity contribution in [3.8, 4) is 0 Å². The number of urea groups is 1. The SMILES string of the molecule is O=C(Nc1cc(C(=O)Nc2ccc(S(=O)(=O)[O-])cc2S(=O)(=O)[O-])cc(C(=O)Nc2ccc(S(=O)(=O)[O-])cc2S(=O)(=O)[O-])c1)Nc1cc(C(=O)Nc2ccc(S(=O)(=O)[O-])cc2S(=O)(=O)O)cc(C(=O)Nc2ccc(S(=O)(=O)O)cc2S(=O)(=O)O)c1.[Na+].[Na+].[Na+].[Na+].[Na+]. The van der Waals surface area contributed by atoms with Crippen LogP contribution < -0.4 is 180 Å². The predicted molar refractivity (Wildman–Crippen MR) is 272 cm³/mol. The minimum absolute atomic E-state index is 0. The van der Waals surface area contributed by atoms with Gasteiger partial charge in [-0.2, -0.15) is 25.3 Å². The molecule has 9 N–H and O–H groups in total.